The Morgan fingerprint density at radius 1 is 0.931 bits per heavy atom. The highest BCUT2D eigenvalue weighted by atomic mass is 16.6. The number of oxime groups is 1. The summed E-state index contributed by atoms with van der Waals surface area (Å²) in [5, 5.41) is 4.04. The molecule has 29 heavy (non-hydrogen) atoms. The van der Waals surface area contributed by atoms with Crippen LogP contribution in [0.2, 0.25) is 0 Å². The zero-order chi connectivity index (χ0) is 21.1. The van der Waals surface area contributed by atoms with Gasteiger partial charge in [-0.25, -0.2) is 0 Å². The monoisotopic (exact) mass is 397 g/mol. The van der Waals surface area contributed by atoms with Crippen molar-refractivity contribution in [2.45, 2.75) is 34.1 Å². The SMILES string of the molecule is C/C=C/COc1cc(C)c(OCCOc2ccc(C(CC)=NOC)cc2)c(C)c1. The molecule has 0 aliphatic carbocycles. The van der Waals surface area contributed by atoms with Crippen LogP contribution in [0.25, 0.3) is 0 Å². The van der Waals surface area contributed by atoms with E-state index < -0.39 is 0 Å². The van der Waals surface area contributed by atoms with E-state index in [0.717, 1.165) is 46.1 Å². The molecule has 0 N–H and O–H groups in total. The smallest absolute Gasteiger partial charge is 0.125 e. The Morgan fingerprint density at radius 2 is 1.59 bits per heavy atom. The molecule has 0 amide bonds. The lowest BCUT2D eigenvalue weighted by Crippen LogP contribution is -2.10. The summed E-state index contributed by atoms with van der Waals surface area (Å²) in [5.74, 6) is 2.53. The van der Waals surface area contributed by atoms with Gasteiger partial charge in [0.1, 0.15) is 44.2 Å². The van der Waals surface area contributed by atoms with Crippen molar-refractivity contribution >= 4 is 5.71 Å². The zero-order valence-electron chi connectivity index (χ0n) is 18.0. The number of ether oxygens (including phenoxy) is 3. The van der Waals surface area contributed by atoms with Crippen LogP contribution in [0.15, 0.2) is 53.7 Å². The van der Waals surface area contributed by atoms with Crippen molar-refractivity contribution in [3.63, 3.8) is 0 Å². The van der Waals surface area contributed by atoms with Gasteiger partial charge in [-0.15, -0.1) is 0 Å². The maximum Gasteiger partial charge on any atom is 0.125 e. The quantitative estimate of drug-likeness (QED) is 0.218. The lowest BCUT2D eigenvalue weighted by atomic mass is 10.1. The molecule has 0 radical (unpaired) electrons. The normalized spacial score (nSPS) is 11.6. The van der Waals surface area contributed by atoms with E-state index in [-0.39, 0.29) is 0 Å². The van der Waals surface area contributed by atoms with Crippen molar-refractivity contribution in [3.05, 3.63) is 65.2 Å². The van der Waals surface area contributed by atoms with Crippen molar-refractivity contribution < 1.29 is 19.0 Å². The van der Waals surface area contributed by atoms with Crippen LogP contribution >= 0.6 is 0 Å². The van der Waals surface area contributed by atoms with E-state index in [1.807, 2.05) is 76.2 Å². The minimum absolute atomic E-state index is 0.463. The molecule has 0 aliphatic rings. The van der Waals surface area contributed by atoms with Gasteiger partial charge in [-0.05, 0) is 80.3 Å². The second-order valence-electron chi connectivity index (χ2n) is 6.56. The fraction of sp³-hybridized carbons (Fsp3) is 0.375. The van der Waals surface area contributed by atoms with Gasteiger partial charge in [-0.3, -0.25) is 0 Å². The lowest BCUT2D eigenvalue weighted by molar-refractivity contribution is 0.213. The second kappa shape index (κ2) is 11.8. The van der Waals surface area contributed by atoms with Crippen molar-refractivity contribution in [1.29, 1.82) is 0 Å². The van der Waals surface area contributed by atoms with Crippen LogP contribution in [0, 0.1) is 13.8 Å². The minimum Gasteiger partial charge on any atom is -0.490 e. The molecule has 5 nitrogen and oxygen atoms in total. The van der Waals surface area contributed by atoms with Gasteiger partial charge in [0.15, 0.2) is 0 Å². The highest BCUT2D eigenvalue weighted by molar-refractivity contribution is 6.00. The highest BCUT2D eigenvalue weighted by Crippen LogP contribution is 2.28. The first-order valence-corrected chi connectivity index (χ1v) is 9.90. The molecular weight excluding hydrogens is 366 g/mol. The molecule has 0 heterocycles. The molecule has 0 fully saturated rings. The maximum atomic E-state index is 5.95. The van der Waals surface area contributed by atoms with Crippen molar-refractivity contribution in [2.24, 2.45) is 5.16 Å². The minimum atomic E-state index is 0.463. The largest absolute Gasteiger partial charge is 0.490 e. The fourth-order valence-corrected chi connectivity index (χ4v) is 2.94. The van der Waals surface area contributed by atoms with Gasteiger partial charge in [-0.1, -0.05) is 24.2 Å². The van der Waals surface area contributed by atoms with E-state index in [4.69, 9.17) is 19.0 Å². The summed E-state index contributed by atoms with van der Waals surface area (Å²) in [6.45, 7) is 9.57. The molecule has 5 heteroatoms. The van der Waals surface area contributed by atoms with Crippen LogP contribution in [0.5, 0.6) is 17.2 Å². The number of hydrogen-bond acceptors (Lipinski definition) is 5. The Morgan fingerprint density at radius 3 is 2.17 bits per heavy atom. The van der Waals surface area contributed by atoms with E-state index in [1.165, 1.54) is 0 Å². The second-order valence-corrected chi connectivity index (χ2v) is 6.56. The number of rotatable bonds is 11. The van der Waals surface area contributed by atoms with Crippen molar-refractivity contribution in [3.8, 4) is 17.2 Å². The predicted molar refractivity (Wildman–Crippen MR) is 117 cm³/mol. The standard InChI is InChI=1S/C24H31NO4/c1-6-8-13-27-22-16-18(3)24(19(4)17-22)29-15-14-28-21-11-9-20(10-12-21)23(7-2)25-26-5/h6,8-12,16-17H,7,13-15H2,1-5H3/b8-6+,25-23?. The van der Waals surface area contributed by atoms with Crippen LogP contribution in [0.3, 0.4) is 0 Å². The Kier molecular flexibility index (Phi) is 9.09. The molecule has 0 bridgehead atoms. The van der Waals surface area contributed by atoms with Gasteiger partial charge in [0.2, 0.25) is 0 Å². The molecule has 0 aliphatic heterocycles. The average Bonchev–Trinajstić information content (AvgIpc) is 2.71. The Hall–Kier alpha value is -2.95. The van der Waals surface area contributed by atoms with Gasteiger partial charge in [0.05, 0.1) is 5.71 Å². The van der Waals surface area contributed by atoms with Crippen LogP contribution < -0.4 is 14.2 Å². The summed E-state index contributed by atoms with van der Waals surface area (Å²) >= 11 is 0. The summed E-state index contributed by atoms with van der Waals surface area (Å²) in [7, 11) is 1.56. The highest BCUT2D eigenvalue weighted by Gasteiger charge is 2.08. The summed E-state index contributed by atoms with van der Waals surface area (Å²) in [6.07, 6.45) is 4.76. The first-order valence-electron chi connectivity index (χ1n) is 9.90. The molecule has 0 unspecified atom stereocenters. The van der Waals surface area contributed by atoms with E-state index in [0.29, 0.717) is 19.8 Å². The summed E-state index contributed by atoms with van der Waals surface area (Å²) in [5.41, 5.74) is 4.04. The molecule has 0 saturated heterocycles. The summed E-state index contributed by atoms with van der Waals surface area (Å²) < 4.78 is 17.5. The van der Waals surface area contributed by atoms with Crippen molar-refractivity contribution in [2.75, 3.05) is 26.9 Å². The number of nitrogens with zero attached hydrogens (tertiary/aromatic N) is 1. The van der Waals surface area contributed by atoms with Gasteiger partial charge in [0, 0.05) is 0 Å². The van der Waals surface area contributed by atoms with Gasteiger partial charge in [-0.2, -0.15) is 0 Å². The van der Waals surface area contributed by atoms with Crippen LogP contribution in [0.4, 0.5) is 0 Å². The first kappa shape index (κ1) is 22.3. The van der Waals surface area contributed by atoms with Crippen LogP contribution in [-0.4, -0.2) is 32.6 Å². The van der Waals surface area contributed by atoms with Crippen molar-refractivity contribution in [1.82, 2.24) is 0 Å². The molecule has 0 saturated carbocycles. The third-order valence-electron chi connectivity index (χ3n) is 4.34. The van der Waals surface area contributed by atoms with Gasteiger partial charge < -0.3 is 19.0 Å². The molecule has 0 aromatic heterocycles. The third kappa shape index (κ3) is 6.86. The lowest BCUT2D eigenvalue weighted by Gasteiger charge is -2.15. The Bertz CT molecular complexity index is 802. The first-order chi connectivity index (χ1) is 14.1. The molecule has 0 spiro atoms. The van der Waals surface area contributed by atoms with E-state index in [1.54, 1.807) is 7.11 Å². The zero-order valence-corrected chi connectivity index (χ0v) is 18.0. The number of allylic oxidation sites excluding steroid dienone is 1. The Balaban J connectivity index is 1.86. The summed E-state index contributed by atoms with van der Waals surface area (Å²) in [4.78, 5) is 4.88. The van der Waals surface area contributed by atoms with Crippen LogP contribution in [-0.2, 0) is 4.84 Å². The third-order valence-corrected chi connectivity index (χ3v) is 4.34. The number of benzene rings is 2. The fourth-order valence-electron chi connectivity index (χ4n) is 2.94. The average molecular weight is 398 g/mol. The van der Waals surface area contributed by atoms with Gasteiger partial charge >= 0.3 is 0 Å². The van der Waals surface area contributed by atoms with E-state index in [2.05, 4.69) is 5.16 Å². The predicted octanol–water partition coefficient (Wildman–Crippen LogP) is 5.48. The number of hydrogen-bond donors (Lipinski definition) is 0. The van der Waals surface area contributed by atoms with Gasteiger partial charge in [0.25, 0.3) is 0 Å². The molecular formula is C24H31NO4. The summed E-state index contributed by atoms with van der Waals surface area (Å²) in [6, 6.07) is 11.8. The van der Waals surface area contributed by atoms with E-state index in [9.17, 15) is 0 Å². The molecule has 0 atom stereocenters. The maximum absolute atomic E-state index is 5.95. The van der Waals surface area contributed by atoms with Crippen LogP contribution in [0.1, 0.15) is 37.0 Å². The Labute approximate surface area is 173 Å². The molecule has 2 rings (SSSR count). The molecule has 2 aromatic rings. The molecule has 156 valence electrons. The number of aryl methyl sites for hydroxylation is 2. The van der Waals surface area contributed by atoms with E-state index >= 15 is 0 Å². The topological polar surface area (TPSA) is 49.3 Å². The molecule has 2 aromatic carbocycles.